The Bertz CT molecular complexity index is 765. The van der Waals surface area contributed by atoms with Crippen LogP contribution in [-0.4, -0.2) is 56.0 Å². The summed E-state index contributed by atoms with van der Waals surface area (Å²) in [6, 6.07) is 9.51. The summed E-state index contributed by atoms with van der Waals surface area (Å²) in [6.45, 7) is 10.7. The summed E-state index contributed by atoms with van der Waals surface area (Å²) >= 11 is 0. The predicted octanol–water partition coefficient (Wildman–Crippen LogP) is 4.07. The van der Waals surface area contributed by atoms with Gasteiger partial charge in [0.05, 0.1) is 43.7 Å². The number of nitrogens with zero attached hydrogens (tertiary/aromatic N) is 3. The fourth-order valence-electron chi connectivity index (χ4n) is 4.53. The molecule has 1 N–H and O–H groups in total. The maximum Gasteiger partial charge on any atom is 0.210 e. The lowest BCUT2D eigenvalue weighted by atomic mass is 9.82. The Labute approximate surface area is 185 Å². The molecule has 0 bridgehead atoms. The van der Waals surface area contributed by atoms with Crippen molar-refractivity contribution in [3.63, 3.8) is 0 Å². The van der Waals surface area contributed by atoms with E-state index in [-0.39, 0.29) is 48.8 Å². The van der Waals surface area contributed by atoms with Crippen LogP contribution in [0.3, 0.4) is 0 Å². The molecule has 1 aromatic carbocycles. The number of benzene rings is 1. The third-order valence-electron chi connectivity index (χ3n) is 6.94. The zero-order valence-electron chi connectivity index (χ0n) is 20.0. The number of aliphatic hydroxyl groups excluding tert-OH is 1. The number of azide groups is 1. The van der Waals surface area contributed by atoms with E-state index >= 15 is 0 Å². The van der Waals surface area contributed by atoms with Gasteiger partial charge in [0.15, 0.2) is 6.29 Å². The molecule has 0 aliphatic carbocycles. The molecule has 0 amide bonds. The molecule has 3 rings (SSSR count). The molecule has 8 nitrogen and oxygen atoms in total. The molecule has 10 atom stereocenters. The quantitative estimate of drug-likeness (QED) is 0.376. The number of ether oxygens (including phenoxy) is 4. The zero-order chi connectivity index (χ0) is 23.3. The summed E-state index contributed by atoms with van der Waals surface area (Å²) < 4.78 is 32.3. The van der Waals surface area contributed by atoms with Crippen molar-refractivity contribution in [1.29, 1.82) is 1.43 Å². The predicted molar refractivity (Wildman–Crippen MR) is 116 cm³/mol. The van der Waals surface area contributed by atoms with Crippen molar-refractivity contribution < 1.29 is 24.1 Å². The molecule has 2 fully saturated rings. The van der Waals surface area contributed by atoms with E-state index in [4.69, 9.17) is 25.9 Å². The Hall–Kier alpha value is -1.67. The standard InChI is InChI=1S/C23H35N3O5/c1-13-14(2)20(25-26-24)23(30-19(13)11-27)31-22-17(5)29-16(4)15(3)21(22)28-12-18-9-7-6-8-10-18/h6-10,13-17,19-23,27H,11-12H2,1-5H3/i27T. The first-order chi connectivity index (χ1) is 15.4. The van der Waals surface area contributed by atoms with Crippen LogP contribution in [0.4, 0.5) is 0 Å². The van der Waals surface area contributed by atoms with Gasteiger partial charge in [-0.15, -0.1) is 0 Å². The largest absolute Gasteiger partial charge is 0.394 e. The Morgan fingerprint density at radius 2 is 1.77 bits per heavy atom. The van der Waals surface area contributed by atoms with Gasteiger partial charge in [-0.3, -0.25) is 0 Å². The Balaban J connectivity index is 1.81. The maximum absolute atomic E-state index is 9.15. The number of hydrogen-bond donors (Lipinski definition) is 1. The van der Waals surface area contributed by atoms with Crippen molar-refractivity contribution in [2.75, 3.05) is 6.61 Å². The second-order valence-electron chi connectivity index (χ2n) is 8.89. The Kier molecular flexibility index (Phi) is 7.82. The molecule has 8 heteroatoms. The van der Waals surface area contributed by atoms with Gasteiger partial charge in [0.25, 0.3) is 0 Å². The Morgan fingerprint density at radius 3 is 2.45 bits per heavy atom. The average molecular weight is 436 g/mol. The SMILES string of the molecule is [3H]OCC1OC(OC2C(C)OC(C)C(C)C2OCc2ccccc2)C(N=[N+]=[N-])C(C)C1C. The van der Waals surface area contributed by atoms with Crippen LogP contribution in [0.1, 0.15) is 40.2 Å². The average Bonchev–Trinajstić information content (AvgIpc) is 2.78. The molecule has 10 unspecified atom stereocenters. The molecule has 0 aromatic heterocycles. The monoisotopic (exact) mass is 435 g/mol. The van der Waals surface area contributed by atoms with E-state index < -0.39 is 18.4 Å². The minimum atomic E-state index is -0.781. The highest BCUT2D eigenvalue weighted by molar-refractivity contribution is 5.13. The first-order valence-electron chi connectivity index (χ1n) is 11.5. The minimum Gasteiger partial charge on any atom is -0.394 e. The fourth-order valence-corrected chi connectivity index (χ4v) is 4.53. The molecular formula is C23H35N3O5. The fraction of sp³-hybridized carbons (Fsp3) is 0.739. The third kappa shape index (κ3) is 5.40. The minimum absolute atomic E-state index is 0.00855. The summed E-state index contributed by atoms with van der Waals surface area (Å²) in [5.74, 6) is 0.120. The molecule has 172 valence electrons. The second kappa shape index (κ2) is 10.8. The van der Waals surface area contributed by atoms with Gasteiger partial charge in [0.2, 0.25) is 1.43 Å². The highest BCUT2D eigenvalue weighted by Crippen LogP contribution is 2.37. The van der Waals surface area contributed by atoms with Crippen LogP contribution in [0, 0.1) is 17.8 Å². The van der Waals surface area contributed by atoms with Crippen LogP contribution in [0.15, 0.2) is 35.4 Å². The van der Waals surface area contributed by atoms with Gasteiger partial charge in [0.1, 0.15) is 6.10 Å². The van der Waals surface area contributed by atoms with Crippen LogP contribution < -0.4 is 0 Å². The van der Waals surface area contributed by atoms with Gasteiger partial charge in [0, 0.05) is 10.8 Å². The highest BCUT2D eigenvalue weighted by Gasteiger charge is 2.47. The van der Waals surface area contributed by atoms with Gasteiger partial charge in [-0.2, -0.15) is 0 Å². The summed E-state index contributed by atoms with van der Waals surface area (Å²) in [6.07, 6.45) is -1.99. The zero-order valence-corrected chi connectivity index (χ0v) is 19.0. The van der Waals surface area contributed by atoms with Crippen LogP contribution >= 0.6 is 0 Å². The van der Waals surface area contributed by atoms with E-state index in [1.807, 2.05) is 58.0 Å². The van der Waals surface area contributed by atoms with Crippen LogP contribution in [-0.2, 0) is 25.6 Å². The van der Waals surface area contributed by atoms with Crippen LogP contribution in [0.25, 0.3) is 10.4 Å². The summed E-state index contributed by atoms with van der Waals surface area (Å²) in [4.78, 5) is 3.03. The van der Waals surface area contributed by atoms with Gasteiger partial charge >= 0.3 is 0 Å². The third-order valence-corrected chi connectivity index (χ3v) is 6.94. The highest BCUT2D eigenvalue weighted by atomic mass is 16.7. The first kappa shape index (κ1) is 22.5. The molecule has 1 aromatic rings. The van der Waals surface area contributed by atoms with Crippen LogP contribution in [0.2, 0.25) is 0 Å². The van der Waals surface area contributed by atoms with Crippen LogP contribution in [0.5, 0.6) is 0 Å². The lowest BCUT2D eigenvalue weighted by molar-refractivity contribution is -0.302. The lowest BCUT2D eigenvalue weighted by Gasteiger charge is -2.48. The van der Waals surface area contributed by atoms with Gasteiger partial charge < -0.3 is 24.1 Å². The summed E-state index contributed by atoms with van der Waals surface area (Å²) in [5.41, 5.74) is 10.2. The Morgan fingerprint density at radius 1 is 1.03 bits per heavy atom. The van der Waals surface area contributed by atoms with E-state index in [9.17, 15) is 0 Å². The van der Waals surface area contributed by atoms with E-state index in [0.717, 1.165) is 5.56 Å². The van der Waals surface area contributed by atoms with E-state index in [1.54, 1.807) is 0 Å². The van der Waals surface area contributed by atoms with E-state index in [2.05, 4.69) is 22.1 Å². The van der Waals surface area contributed by atoms with Gasteiger partial charge in [-0.25, -0.2) is 0 Å². The van der Waals surface area contributed by atoms with Crippen molar-refractivity contribution in [2.45, 2.75) is 84.1 Å². The molecular weight excluding hydrogens is 398 g/mol. The number of aliphatic hydroxyl groups is 1. The molecule has 2 aliphatic rings. The molecule has 0 radical (unpaired) electrons. The summed E-state index contributed by atoms with van der Waals surface area (Å²) in [7, 11) is 0. The van der Waals surface area contributed by atoms with Crippen molar-refractivity contribution in [3.05, 3.63) is 46.3 Å². The van der Waals surface area contributed by atoms with Crippen molar-refractivity contribution >= 4 is 0 Å². The molecule has 2 saturated heterocycles. The van der Waals surface area contributed by atoms with Crippen molar-refractivity contribution in [2.24, 2.45) is 22.9 Å². The van der Waals surface area contributed by atoms with Gasteiger partial charge in [-0.05, 0) is 36.8 Å². The molecule has 0 saturated carbocycles. The van der Waals surface area contributed by atoms with Gasteiger partial charge in [-0.1, -0.05) is 56.2 Å². The van der Waals surface area contributed by atoms with E-state index in [0.29, 0.717) is 6.61 Å². The normalized spacial score (nSPS) is 41.3. The molecule has 31 heavy (non-hydrogen) atoms. The summed E-state index contributed by atoms with van der Waals surface area (Å²) in [5, 5.41) is 8.61. The first-order valence-corrected chi connectivity index (χ1v) is 11.1. The second-order valence-corrected chi connectivity index (χ2v) is 8.89. The smallest absolute Gasteiger partial charge is 0.210 e. The van der Waals surface area contributed by atoms with E-state index in [1.165, 1.54) is 0 Å². The number of rotatable bonds is 8. The molecule has 0 spiro atoms. The van der Waals surface area contributed by atoms with Crippen molar-refractivity contribution in [3.8, 4) is 0 Å². The molecule has 2 heterocycles. The maximum atomic E-state index is 9.15. The lowest BCUT2D eigenvalue weighted by Crippen LogP contribution is -2.58. The molecule has 2 aliphatic heterocycles. The topological polar surface area (TPSA) is 106 Å². The van der Waals surface area contributed by atoms with Crippen molar-refractivity contribution in [1.82, 2.24) is 0 Å². The number of hydrogen-bond acceptors (Lipinski definition) is 6.